The molecule has 0 saturated heterocycles. The quantitative estimate of drug-likeness (QED) is 0.563. The first-order valence-electron chi connectivity index (χ1n) is 6.24. The molecule has 1 N–H and O–H groups in total. The molecule has 0 aliphatic heterocycles. The highest BCUT2D eigenvalue weighted by Crippen LogP contribution is 2.26. The molecule has 0 radical (unpaired) electrons. The van der Waals surface area contributed by atoms with Gasteiger partial charge in [-0.25, -0.2) is 4.79 Å². The zero-order valence-corrected chi connectivity index (χ0v) is 13.6. The topological polar surface area (TPSA) is 46.5 Å². The maximum Gasteiger partial charge on any atom is 0.336 e. The van der Waals surface area contributed by atoms with Crippen molar-refractivity contribution in [1.29, 1.82) is 0 Å². The van der Waals surface area contributed by atoms with Gasteiger partial charge in [-0.3, -0.25) is 0 Å². The minimum atomic E-state index is -0.893. The summed E-state index contributed by atoms with van der Waals surface area (Å²) in [7, 11) is 0. The van der Waals surface area contributed by atoms with Crippen LogP contribution in [0.1, 0.15) is 30.6 Å². The first-order valence-corrected chi connectivity index (χ1v) is 8.02. The summed E-state index contributed by atoms with van der Waals surface area (Å²) in [6.07, 6.45) is 1.06. The molecule has 3 nitrogen and oxygen atoms in total. The molecule has 1 rings (SSSR count). The summed E-state index contributed by atoms with van der Waals surface area (Å²) in [6, 6.07) is 5.20. The fourth-order valence-electron chi connectivity index (χ4n) is 1.42. The van der Waals surface area contributed by atoms with Crippen molar-refractivity contribution in [3.8, 4) is 0 Å². The molecule has 0 aromatic heterocycles. The number of ether oxygens (including phenoxy) is 1. The van der Waals surface area contributed by atoms with Gasteiger partial charge in [0, 0.05) is 21.7 Å². The number of rotatable bonds is 8. The second kappa shape index (κ2) is 8.61. The molecule has 0 aliphatic carbocycles. The fraction of sp³-hybridized carbons (Fsp3) is 0.500. The highest BCUT2D eigenvalue weighted by Gasteiger charge is 2.10. The summed E-state index contributed by atoms with van der Waals surface area (Å²) in [6.45, 7) is 5.74. The number of carbonyl (C=O) groups is 1. The number of carboxylic acid groups (broad SMARTS) is 1. The van der Waals surface area contributed by atoms with Crippen LogP contribution < -0.4 is 0 Å². The van der Waals surface area contributed by atoms with E-state index in [9.17, 15) is 4.79 Å². The molecule has 0 heterocycles. The van der Waals surface area contributed by atoms with Crippen molar-refractivity contribution in [2.45, 2.75) is 25.2 Å². The molecule has 5 heteroatoms. The molecular weight excluding hydrogens is 328 g/mol. The van der Waals surface area contributed by atoms with Crippen LogP contribution in [-0.4, -0.2) is 30.0 Å². The van der Waals surface area contributed by atoms with E-state index in [1.54, 1.807) is 12.1 Å². The Labute approximate surface area is 126 Å². The second-order valence-electron chi connectivity index (χ2n) is 4.59. The van der Waals surface area contributed by atoms with Crippen LogP contribution in [0.4, 0.5) is 0 Å². The van der Waals surface area contributed by atoms with Crippen LogP contribution in [0.15, 0.2) is 27.6 Å². The molecule has 0 unspecified atom stereocenters. The predicted octanol–water partition coefficient (Wildman–Crippen LogP) is 4.30. The Morgan fingerprint density at radius 3 is 2.79 bits per heavy atom. The largest absolute Gasteiger partial charge is 0.478 e. The smallest absolute Gasteiger partial charge is 0.336 e. The Morgan fingerprint density at radius 2 is 2.16 bits per heavy atom. The molecule has 1 aromatic rings. The highest BCUT2D eigenvalue weighted by molar-refractivity contribution is 9.10. The third-order valence-corrected chi connectivity index (χ3v) is 4.01. The van der Waals surface area contributed by atoms with E-state index >= 15 is 0 Å². The van der Waals surface area contributed by atoms with Crippen molar-refractivity contribution in [2.24, 2.45) is 5.92 Å². The van der Waals surface area contributed by atoms with Crippen molar-refractivity contribution < 1.29 is 14.6 Å². The van der Waals surface area contributed by atoms with Crippen LogP contribution in [-0.2, 0) is 4.74 Å². The average Bonchev–Trinajstić information content (AvgIpc) is 2.33. The Balaban J connectivity index is 2.40. The average molecular weight is 347 g/mol. The third-order valence-electron chi connectivity index (χ3n) is 2.50. The van der Waals surface area contributed by atoms with Crippen LogP contribution in [0.5, 0.6) is 0 Å². The van der Waals surface area contributed by atoms with Gasteiger partial charge in [0.2, 0.25) is 0 Å². The van der Waals surface area contributed by atoms with Gasteiger partial charge in [0.25, 0.3) is 0 Å². The van der Waals surface area contributed by atoms with E-state index in [2.05, 4.69) is 29.8 Å². The molecule has 0 aliphatic rings. The van der Waals surface area contributed by atoms with Crippen molar-refractivity contribution in [2.75, 3.05) is 19.0 Å². The van der Waals surface area contributed by atoms with Crippen LogP contribution in [0.25, 0.3) is 0 Å². The normalized spacial score (nSPS) is 10.9. The van der Waals surface area contributed by atoms with Crippen LogP contribution in [0, 0.1) is 5.92 Å². The Bertz CT molecular complexity index is 421. The van der Waals surface area contributed by atoms with Crippen molar-refractivity contribution >= 4 is 33.7 Å². The summed E-state index contributed by atoms with van der Waals surface area (Å²) < 4.78 is 6.41. The molecule has 1 aromatic carbocycles. The standard InChI is InChI=1S/C14H19BrO3S/c1-10(2)5-6-18-7-8-19-13-9-11(15)3-4-12(13)14(16)17/h3-4,9-10H,5-8H2,1-2H3,(H,16,17). The minimum Gasteiger partial charge on any atom is -0.478 e. The summed E-state index contributed by atoms with van der Waals surface area (Å²) in [5.74, 6) is 0.515. The Hall–Kier alpha value is -0.520. The first-order chi connectivity index (χ1) is 9.00. The zero-order valence-electron chi connectivity index (χ0n) is 11.2. The lowest BCUT2D eigenvalue weighted by molar-refractivity contribution is 0.0693. The fourth-order valence-corrected chi connectivity index (χ4v) is 2.88. The second-order valence-corrected chi connectivity index (χ2v) is 6.64. The molecule has 0 amide bonds. The number of hydrogen-bond donors (Lipinski definition) is 1. The lowest BCUT2D eigenvalue weighted by atomic mass is 10.1. The molecule has 19 heavy (non-hydrogen) atoms. The number of hydrogen-bond acceptors (Lipinski definition) is 3. The third kappa shape index (κ3) is 6.45. The molecule has 0 atom stereocenters. The van der Waals surface area contributed by atoms with Gasteiger partial charge in [0.15, 0.2) is 0 Å². The van der Waals surface area contributed by atoms with E-state index in [0.29, 0.717) is 18.1 Å². The zero-order chi connectivity index (χ0) is 14.3. The van der Waals surface area contributed by atoms with Gasteiger partial charge >= 0.3 is 5.97 Å². The summed E-state index contributed by atoms with van der Waals surface area (Å²) in [4.78, 5) is 11.9. The van der Waals surface area contributed by atoms with E-state index < -0.39 is 5.97 Å². The maximum atomic E-state index is 11.1. The summed E-state index contributed by atoms with van der Waals surface area (Å²) >= 11 is 4.87. The van der Waals surface area contributed by atoms with Gasteiger partial charge in [-0.05, 0) is 30.5 Å². The Kier molecular flexibility index (Phi) is 7.49. The molecular formula is C14H19BrO3S. The highest BCUT2D eigenvalue weighted by atomic mass is 79.9. The SMILES string of the molecule is CC(C)CCOCCSc1cc(Br)ccc1C(=O)O. The van der Waals surface area contributed by atoms with E-state index in [1.807, 2.05) is 6.07 Å². The lowest BCUT2D eigenvalue weighted by Gasteiger charge is -2.08. The minimum absolute atomic E-state index is 0.343. The molecule has 0 bridgehead atoms. The number of carboxylic acids is 1. The molecule has 106 valence electrons. The van der Waals surface area contributed by atoms with Crippen molar-refractivity contribution in [3.05, 3.63) is 28.2 Å². The first kappa shape index (κ1) is 16.5. The number of aromatic carboxylic acids is 1. The van der Waals surface area contributed by atoms with Gasteiger partial charge < -0.3 is 9.84 Å². The molecule has 0 fully saturated rings. The van der Waals surface area contributed by atoms with Gasteiger partial charge in [-0.15, -0.1) is 11.8 Å². The molecule has 0 spiro atoms. The van der Waals surface area contributed by atoms with Crippen LogP contribution in [0.3, 0.4) is 0 Å². The van der Waals surface area contributed by atoms with Crippen LogP contribution >= 0.6 is 27.7 Å². The van der Waals surface area contributed by atoms with Gasteiger partial charge in [0.05, 0.1) is 12.2 Å². The number of halogens is 1. The number of benzene rings is 1. The van der Waals surface area contributed by atoms with E-state index in [1.165, 1.54) is 11.8 Å². The van der Waals surface area contributed by atoms with Gasteiger partial charge in [0.1, 0.15) is 0 Å². The van der Waals surface area contributed by atoms with E-state index in [-0.39, 0.29) is 0 Å². The molecule has 0 saturated carbocycles. The monoisotopic (exact) mass is 346 g/mol. The van der Waals surface area contributed by atoms with Crippen molar-refractivity contribution in [3.63, 3.8) is 0 Å². The summed E-state index contributed by atoms with van der Waals surface area (Å²) in [5.41, 5.74) is 0.343. The lowest BCUT2D eigenvalue weighted by Crippen LogP contribution is -2.03. The predicted molar refractivity (Wildman–Crippen MR) is 82.1 cm³/mol. The Morgan fingerprint density at radius 1 is 1.42 bits per heavy atom. The van der Waals surface area contributed by atoms with Gasteiger partial charge in [-0.2, -0.15) is 0 Å². The number of thioether (sulfide) groups is 1. The van der Waals surface area contributed by atoms with Crippen LogP contribution in [0.2, 0.25) is 0 Å². The van der Waals surface area contributed by atoms with E-state index in [0.717, 1.165) is 28.1 Å². The summed E-state index contributed by atoms with van der Waals surface area (Å²) in [5, 5.41) is 9.10. The van der Waals surface area contributed by atoms with Gasteiger partial charge in [-0.1, -0.05) is 29.8 Å². The maximum absolute atomic E-state index is 11.1. The van der Waals surface area contributed by atoms with E-state index in [4.69, 9.17) is 9.84 Å². The van der Waals surface area contributed by atoms with Crippen molar-refractivity contribution in [1.82, 2.24) is 0 Å².